The molecule has 1 aromatic heterocycles. The van der Waals surface area contributed by atoms with Gasteiger partial charge in [0.1, 0.15) is 0 Å². The van der Waals surface area contributed by atoms with E-state index in [9.17, 15) is 9.59 Å². The summed E-state index contributed by atoms with van der Waals surface area (Å²) in [7, 11) is 1.42. The zero-order chi connectivity index (χ0) is 21.8. The molecule has 1 amide bonds. The second-order valence-electron chi connectivity index (χ2n) is 8.20. The van der Waals surface area contributed by atoms with Gasteiger partial charge in [-0.1, -0.05) is 28.9 Å². The molecule has 2 aliphatic rings. The van der Waals surface area contributed by atoms with E-state index in [2.05, 4.69) is 15.0 Å². The average molecular weight is 447 g/mol. The van der Waals surface area contributed by atoms with Crippen LogP contribution in [0, 0.1) is 11.8 Å². The number of nitrogens with zero attached hydrogens (tertiary/aromatic N) is 4. The van der Waals surface area contributed by atoms with Crippen LogP contribution in [-0.4, -0.2) is 65.1 Å². The van der Waals surface area contributed by atoms with Crippen molar-refractivity contribution in [2.75, 3.05) is 33.3 Å². The number of ether oxygens (including phenoxy) is 1. The fourth-order valence-corrected chi connectivity index (χ4v) is 4.54. The minimum absolute atomic E-state index is 0.0376. The van der Waals surface area contributed by atoms with Crippen LogP contribution in [0.3, 0.4) is 0 Å². The first-order valence-corrected chi connectivity index (χ1v) is 11.1. The smallest absolute Gasteiger partial charge is 0.308 e. The van der Waals surface area contributed by atoms with Gasteiger partial charge in [0, 0.05) is 29.6 Å². The van der Waals surface area contributed by atoms with Crippen molar-refractivity contribution in [2.24, 2.45) is 11.8 Å². The average Bonchev–Trinajstić information content (AvgIpc) is 3.27. The SMILES string of the molecule is COC(=O)C1CCN(C(=O)C2CCN(Cc3nc(-c4cccc(Cl)c4)no3)CC2)CC1. The third kappa shape index (κ3) is 5.25. The maximum absolute atomic E-state index is 12.9. The molecule has 4 rings (SSSR count). The van der Waals surface area contributed by atoms with Gasteiger partial charge in [0.15, 0.2) is 0 Å². The van der Waals surface area contributed by atoms with E-state index in [1.807, 2.05) is 17.0 Å². The van der Waals surface area contributed by atoms with E-state index < -0.39 is 0 Å². The third-order valence-electron chi connectivity index (χ3n) is 6.19. The Morgan fingerprint density at radius 3 is 2.52 bits per heavy atom. The molecule has 0 aliphatic carbocycles. The van der Waals surface area contributed by atoms with Crippen LogP contribution in [0.4, 0.5) is 0 Å². The highest BCUT2D eigenvalue weighted by atomic mass is 35.5. The molecule has 2 fully saturated rings. The zero-order valence-electron chi connectivity index (χ0n) is 17.6. The van der Waals surface area contributed by atoms with Gasteiger partial charge >= 0.3 is 5.97 Å². The molecule has 3 heterocycles. The van der Waals surface area contributed by atoms with Gasteiger partial charge in [-0.2, -0.15) is 4.98 Å². The Labute approximate surface area is 186 Å². The first-order valence-electron chi connectivity index (χ1n) is 10.7. The van der Waals surface area contributed by atoms with E-state index in [1.54, 1.807) is 12.1 Å². The van der Waals surface area contributed by atoms with Crippen LogP contribution in [-0.2, 0) is 20.9 Å². The summed E-state index contributed by atoms with van der Waals surface area (Å²) in [5.74, 6) is 1.09. The number of carbonyl (C=O) groups is 2. The summed E-state index contributed by atoms with van der Waals surface area (Å²) < 4.78 is 10.2. The van der Waals surface area contributed by atoms with Gasteiger partial charge in [-0.25, -0.2) is 0 Å². The van der Waals surface area contributed by atoms with Crippen molar-refractivity contribution in [3.8, 4) is 11.4 Å². The van der Waals surface area contributed by atoms with Crippen molar-refractivity contribution in [2.45, 2.75) is 32.2 Å². The van der Waals surface area contributed by atoms with Gasteiger partial charge < -0.3 is 14.2 Å². The molecule has 2 saturated heterocycles. The number of rotatable bonds is 5. The van der Waals surface area contributed by atoms with Gasteiger partial charge in [-0.15, -0.1) is 0 Å². The van der Waals surface area contributed by atoms with Crippen molar-refractivity contribution >= 4 is 23.5 Å². The minimum Gasteiger partial charge on any atom is -0.469 e. The number of benzene rings is 1. The molecule has 2 aliphatic heterocycles. The summed E-state index contributed by atoms with van der Waals surface area (Å²) in [6.45, 7) is 3.45. The summed E-state index contributed by atoms with van der Waals surface area (Å²) in [4.78, 5) is 33.2. The standard InChI is InChI=1S/C22H27ClN4O4/c1-30-22(29)16-7-11-27(12-8-16)21(28)15-5-9-26(10-6-15)14-19-24-20(25-31-19)17-3-2-4-18(23)13-17/h2-4,13,15-16H,5-12,14H2,1H3. The number of hydrogen-bond donors (Lipinski definition) is 0. The van der Waals surface area contributed by atoms with Gasteiger partial charge in [0.2, 0.25) is 17.6 Å². The molecule has 9 heteroatoms. The Bertz CT molecular complexity index is 918. The quantitative estimate of drug-likeness (QED) is 0.652. The molecule has 0 saturated carbocycles. The Hall–Kier alpha value is -2.45. The molecular formula is C22H27ClN4O4. The van der Waals surface area contributed by atoms with Crippen molar-refractivity contribution in [3.05, 3.63) is 35.2 Å². The molecule has 8 nitrogen and oxygen atoms in total. The predicted octanol–water partition coefficient (Wildman–Crippen LogP) is 3.01. The van der Waals surface area contributed by atoms with Crippen LogP contribution in [0.5, 0.6) is 0 Å². The summed E-state index contributed by atoms with van der Waals surface area (Å²) in [5, 5.41) is 4.69. The molecule has 0 radical (unpaired) electrons. The molecule has 0 bridgehead atoms. The molecule has 0 atom stereocenters. The number of esters is 1. The highest BCUT2D eigenvalue weighted by Crippen LogP contribution is 2.26. The first kappa shape index (κ1) is 21.8. The predicted molar refractivity (Wildman–Crippen MR) is 114 cm³/mol. The Morgan fingerprint density at radius 2 is 1.84 bits per heavy atom. The number of piperidine rings is 2. The fourth-order valence-electron chi connectivity index (χ4n) is 4.35. The second-order valence-corrected chi connectivity index (χ2v) is 8.63. The maximum Gasteiger partial charge on any atom is 0.308 e. The van der Waals surface area contributed by atoms with E-state index in [0.717, 1.165) is 31.5 Å². The van der Waals surface area contributed by atoms with Crippen LogP contribution in [0.2, 0.25) is 5.02 Å². The number of methoxy groups -OCH3 is 1. The lowest BCUT2D eigenvalue weighted by Crippen LogP contribution is -2.46. The summed E-state index contributed by atoms with van der Waals surface area (Å²) >= 11 is 6.03. The first-order chi connectivity index (χ1) is 15.0. The normalized spacial score (nSPS) is 18.8. The number of halogens is 1. The lowest BCUT2D eigenvalue weighted by Gasteiger charge is -2.36. The largest absolute Gasteiger partial charge is 0.469 e. The number of hydrogen-bond acceptors (Lipinski definition) is 7. The fraction of sp³-hybridized carbons (Fsp3) is 0.545. The molecule has 2 aromatic rings. The highest BCUT2D eigenvalue weighted by Gasteiger charge is 2.33. The Balaban J connectivity index is 1.25. The highest BCUT2D eigenvalue weighted by molar-refractivity contribution is 6.30. The van der Waals surface area contributed by atoms with E-state index >= 15 is 0 Å². The zero-order valence-corrected chi connectivity index (χ0v) is 18.4. The van der Waals surface area contributed by atoms with E-state index in [1.165, 1.54) is 7.11 Å². The number of carbonyl (C=O) groups excluding carboxylic acids is 2. The summed E-state index contributed by atoms with van der Waals surface area (Å²) in [6.07, 6.45) is 2.99. The van der Waals surface area contributed by atoms with Gasteiger partial charge in [-0.3, -0.25) is 14.5 Å². The molecule has 0 N–H and O–H groups in total. The molecule has 166 valence electrons. The van der Waals surface area contributed by atoms with E-state index in [4.69, 9.17) is 20.9 Å². The van der Waals surface area contributed by atoms with Crippen LogP contribution in [0.15, 0.2) is 28.8 Å². The lowest BCUT2D eigenvalue weighted by molar-refractivity contribution is -0.150. The van der Waals surface area contributed by atoms with Crippen LogP contribution in [0.25, 0.3) is 11.4 Å². The van der Waals surface area contributed by atoms with Gasteiger partial charge in [0.05, 0.1) is 19.6 Å². The molecular weight excluding hydrogens is 420 g/mol. The number of aromatic nitrogens is 2. The second kappa shape index (κ2) is 9.78. The Morgan fingerprint density at radius 1 is 1.13 bits per heavy atom. The van der Waals surface area contributed by atoms with Crippen LogP contribution in [0.1, 0.15) is 31.6 Å². The van der Waals surface area contributed by atoms with Crippen molar-refractivity contribution < 1.29 is 18.8 Å². The lowest BCUT2D eigenvalue weighted by atomic mass is 9.92. The molecule has 0 spiro atoms. The maximum atomic E-state index is 12.9. The van der Waals surface area contributed by atoms with Crippen LogP contribution >= 0.6 is 11.6 Å². The topological polar surface area (TPSA) is 88.8 Å². The molecule has 1 aromatic carbocycles. The van der Waals surface area contributed by atoms with E-state index in [-0.39, 0.29) is 23.7 Å². The summed E-state index contributed by atoms with van der Waals surface area (Å²) in [5.41, 5.74) is 0.822. The number of likely N-dealkylation sites (tertiary alicyclic amines) is 2. The summed E-state index contributed by atoms with van der Waals surface area (Å²) in [6, 6.07) is 7.36. The van der Waals surface area contributed by atoms with Crippen molar-refractivity contribution in [1.82, 2.24) is 19.9 Å². The minimum atomic E-state index is -0.167. The van der Waals surface area contributed by atoms with Crippen molar-refractivity contribution in [3.63, 3.8) is 0 Å². The molecule has 0 unspecified atom stereocenters. The third-order valence-corrected chi connectivity index (χ3v) is 6.42. The number of amides is 1. The Kier molecular flexibility index (Phi) is 6.87. The van der Waals surface area contributed by atoms with Crippen LogP contribution < -0.4 is 0 Å². The van der Waals surface area contributed by atoms with Gasteiger partial charge in [0.25, 0.3) is 0 Å². The monoisotopic (exact) mass is 446 g/mol. The van der Waals surface area contributed by atoms with Crippen molar-refractivity contribution in [1.29, 1.82) is 0 Å². The molecule has 31 heavy (non-hydrogen) atoms. The van der Waals surface area contributed by atoms with E-state index in [0.29, 0.717) is 49.2 Å². The van der Waals surface area contributed by atoms with Gasteiger partial charge in [-0.05, 0) is 50.9 Å².